The summed E-state index contributed by atoms with van der Waals surface area (Å²) in [5.74, 6) is 1.86. The van der Waals surface area contributed by atoms with Gasteiger partial charge in [-0.25, -0.2) is 4.98 Å². The molecule has 9 aromatic carbocycles. The molecule has 0 radical (unpaired) electrons. The molecule has 3 aliphatic heterocycles. The van der Waals surface area contributed by atoms with Gasteiger partial charge in [0.15, 0.2) is 0 Å². The molecule has 13 rings (SSSR count). The number of rotatable bonds is 9. The maximum atomic E-state index is 6.74. The second-order valence-corrected chi connectivity index (χ2v) is 19.4. The van der Waals surface area contributed by atoms with Gasteiger partial charge in [-0.15, -0.1) is 48.8 Å². The molecule has 0 unspecified atom stereocenters. The summed E-state index contributed by atoms with van der Waals surface area (Å²) < 4.78 is 6.74. The van der Waals surface area contributed by atoms with Crippen LogP contribution in [0.2, 0.25) is 0 Å². The summed E-state index contributed by atoms with van der Waals surface area (Å²) in [6, 6.07) is 86.5. The van der Waals surface area contributed by atoms with Gasteiger partial charge in [0.25, 0.3) is 6.71 Å². The van der Waals surface area contributed by atoms with E-state index >= 15 is 0 Å². The quantitative estimate of drug-likeness (QED) is 0.105. The molecule has 7 nitrogen and oxygen atoms in total. The third kappa shape index (κ3) is 8.13. The SMILES string of the molecule is CC(C)(C)c1ccc(N2[CH-]N(c3[c-]c(Oc4[c-]c(N(c5cc6c7c(c5)N(c5ccccc5)c5ccccc5B7c5ccccc5N6c5ccccc5)c5ccccn5)ccc4)ccc3)c3ccccc32)cc1.[Pt]. The fourth-order valence-electron chi connectivity index (χ4n) is 10.6. The summed E-state index contributed by atoms with van der Waals surface area (Å²) in [5, 5.41) is 0. The molecule has 10 aromatic rings. The van der Waals surface area contributed by atoms with Crippen LogP contribution in [-0.2, 0) is 26.5 Å². The Bertz CT molecular complexity index is 3520. The number of benzene rings is 9. The van der Waals surface area contributed by atoms with Gasteiger partial charge < -0.3 is 29.2 Å². The number of pyridine rings is 1. The summed E-state index contributed by atoms with van der Waals surface area (Å²) in [7, 11) is 0. The third-order valence-electron chi connectivity index (χ3n) is 13.9. The van der Waals surface area contributed by atoms with Crippen LogP contribution in [0.4, 0.5) is 74.1 Å². The van der Waals surface area contributed by atoms with E-state index in [9.17, 15) is 0 Å². The summed E-state index contributed by atoms with van der Waals surface area (Å²) in [5.41, 5.74) is 17.6. The molecule has 0 saturated heterocycles. The van der Waals surface area contributed by atoms with Crippen molar-refractivity contribution in [3.63, 3.8) is 0 Å². The van der Waals surface area contributed by atoms with Crippen molar-refractivity contribution in [1.82, 2.24) is 4.98 Å². The number of hydrogen-bond acceptors (Lipinski definition) is 7. The molecule has 0 N–H and O–H groups in total. The number of hydrogen-bond donors (Lipinski definition) is 0. The molecule has 3 aliphatic rings. The molecule has 73 heavy (non-hydrogen) atoms. The molecule has 4 heterocycles. The second-order valence-electron chi connectivity index (χ2n) is 19.4. The van der Waals surface area contributed by atoms with Crippen LogP contribution in [0, 0.1) is 18.8 Å². The van der Waals surface area contributed by atoms with E-state index in [0.717, 1.165) is 74.1 Å². The Morgan fingerprint density at radius 2 is 1.03 bits per heavy atom. The molecule has 1 aromatic heterocycles. The Morgan fingerprint density at radius 1 is 0.493 bits per heavy atom. The van der Waals surface area contributed by atoms with Gasteiger partial charge in [0.2, 0.25) is 0 Å². The maximum Gasteiger partial charge on any atom is 0.252 e. The van der Waals surface area contributed by atoms with E-state index in [1.807, 2.05) is 48.7 Å². The van der Waals surface area contributed by atoms with Crippen LogP contribution in [0.5, 0.6) is 11.5 Å². The Hall–Kier alpha value is -8.32. The predicted octanol–water partition coefficient (Wildman–Crippen LogP) is 14.7. The molecule has 0 spiro atoms. The van der Waals surface area contributed by atoms with Crippen molar-refractivity contribution in [3.05, 3.63) is 255 Å². The first-order valence-electron chi connectivity index (χ1n) is 24.5. The molecule has 0 bridgehead atoms. The summed E-state index contributed by atoms with van der Waals surface area (Å²) in [6.45, 7) is 8.85. The molecule has 0 atom stereocenters. The summed E-state index contributed by atoms with van der Waals surface area (Å²) in [4.78, 5) is 16.4. The van der Waals surface area contributed by atoms with Crippen molar-refractivity contribution in [1.29, 1.82) is 0 Å². The largest absolute Gasteiger partial charge is 0.509 e. The normalized spacial score (nSPS) is 13.1. The van der Waals surface area contributed by atoms with E-state index in [1.54, 1.807) is 0 Å². The average molecular weight is 1120 g/mol. The van der Waals surface area contributed by atoms with Crippen LogP contribution in [0.1, 0.15) is 26.3 Å². The van der Waals surface area contributed by atoms with Crippen molar-refractivity contribution in [2.45, 2.75) is 26.2 Å². The predicted molar refractivity (Wildman–Crippen MR) is 297 cm³/mol. The van der Waals surface area contributed by atoms with E-state index in [1.165, 1.54) is 22.0 Å². The first kappa shape index (κ1) is 45.8. The third-order valence-corrected chi connectivity index (χ3v) is 13.9. The van der Waals surface area contributed by atoms with Gasteiger partial charge >= 0.3 is 0 Å². The monoisotopic (exact) mass is 1120 g/mol. The molecule has 0 aliphatic carbocycles. The minimum absolute atomic E-state index is 0. The van der Waals surface area contributed by atoms with Crippen LogP contribution in [0.25, 0.3) is 0 Å². The van der Waals surface area contributed by atoms with E-state index in [-0.39, 0.29) is 33.2 Å². The van der Waals surface area contributed by atoms with Crippen molar-refractivity contribution in [3.8, 4) is 11.5 Å². The smallest absolute Gasteiger partial charge is 0.252 e. The van der Waals surface area contributed by atoms with E-state index in [2.05, 4.69) is 246 Å². The number of ether oxygens (including phenoxy) is 1. The van der Waals surface area contributed by atoms with Gasteiger partial charge in [-0.2, -0.15) is 12.1 Å². The number of aromatic nitrogens is 1. The van der Waals surface area contributed by atoms with Crippen molar-refractivity contribution < 1.29 is 25.8 Å². The standard InChI is InChI=1S/C64H48BN6O.Pt/c1-64(2,3)45-35-37-46(38-36-45)67-44-68(59-33-15-14-32-58(59)67)49-24-18-26-52(40-49)72-53-27-19-25-50(41-53)69(62-34-16-17-39-66-62)51-42-60-63-61(43-51)71(48-22-8-5-9-23-48)57-31-13-11-29-55(57)65(63)54-28-10-12-30-56(54)70(60)47-20-6-4-7-21-47;/h4-39,42-44H,1-3H3;/q-3;. The Balaban J connectivity index is 0.00000543. The van der Waals surface area contributed by atoms with Gasteiger partial charge in [0, 0.05) is 95.6 Å². The fraction of sp³-hybridized carbons (Fsp3) is 0.0625. The van der Waals surface area contributed by atoms with Crippen LogP contribution < -0.4 is 45.6 Å². The Labute approximate surface area is 442 Å². The van der Waals surface area contributed by atoms with Crippen LogP contribution in [0.15, 0.2) is 231 Å². The average Bonchev–Trinajstić information content (AvgIpc) is 3.82. The van der Waals surface area contributed by atoms with E-state index < -0.39 is 0 Å². The summed E-state index contributed by atoms with van der Waals surface area (Å²) >= 11 is 0. The number of para-hydroxylation sites is 6. The zero-order valence-corrected chi connectivity index (χ0v) is 42.8. The molecule has 356 valence electrons. The van der Waals surface area contributed by atoms with Crippen LogP contribution in [0.3, 0.4) is 0 Å². The first-order valence-corrected chi connectivity index (χ1v) is 24.5. The second kappa shape index (κ2) is 18.7. The zero-order chi connectivity index (χ0) is 48.3. The van der Waals surface area contributed by atoms with Crippen molar-refractivity contribution >= 4 is 97.2 Å². The van der Waals surface area contributed by atoms with Crippen molar-refractivity contribution in [2.75, 3.05) is 24.5 Å². The topological polar surface area (TPSA) is 38.3 Å². The van der Waals surface area contributed by atoms with Gasteiger partial charge in [0.05, 0.1) is 0 Å². The molecule has 0 amide bonds. The Kier molecular flexibility index (Phi) is 11.7. The molecule has 0 saturated carbocycles. The van der Waals surface area contributed by atoms with Crippen molar-refractivity contribution in [2.24, 2.45) is 0 Å². The number of nitrogens with zero attached hydrogens (tertiary/aromatic N) is 6. The van der Waals surface area contributed by atoms with E-state index in [0.29, 0.717) is 11.5 Å². The van der Waals surface area contributed by atoms with Gasteiger partial charge in [-0.3, -0.25) is 0 Å². The minimum atomic E-state index is -0.00956. The zero-order valence-electron chi connectivity index (χ0n) is 40.5. The number of fused-ring (bicyclic) bond motifs is 5. The van der Waals surface area contributed by atoms with Gasteiger partial charge in [0.1, 0.15) is 5.82 Å². The van der Waals surface area contributed by atoms with Crippen LogP contribution >= 0.6 is 0 Å². The Morgan fingerprint density at radius 3 is 1.62 bits per heavy atom. The summed E-state index contributed by atoms with van der Waals surface area (Å²) in [6.07, 6.45) is 1.84. The first-order chi connectivity index (χ1) is 35.4. The van der Waals surface area contributed by atoms with Gasteiger partial charge in [-0.1, -0.05) is 130 Å². The van der Waals surface area contributed by atoms with Crippen LogP contribution in [-0.4, -0.2) is 11.7 Å². The number of anilines is 13. The molecular formula is C64H48BN6OPt-3. The molecule has 9 heteroatoms. The van der Waals surface area contributed by atoms with E-state index in [4.69, 9.17) is 9.72 Å². The van der Waals surface area contributed by atoms with Gasteiger partial charge in [-0.05, 0) is 112 Å². The minimum Gasteiger partial charge on any atom is -0.509 e. The molecule has 0 fully saturated rings. The molecular weight excluding hydrogens is 1070 g/mol. The maximum absolute atomic E-state index is 6.74. The fourth-order valence-corrected chi connectivity index (χ4v) is 10.6.